The molecule has 0 aliphatic heterocycles. The zero-order chi connectivity index (χ0) is 13.1. The maximum absolute atomic E-state index is 10.5. The number of rotatable bonds is 4. The highest BCUT2D eigenvalue weighted by molar-refractivity contribution is 5.55. The lowest BCUT2D eigenvalue weighted by Gasteiger charge is -2.18. The van der Waals surface area contributed by atoms with Crippen LogP contribution >= 0.6 is 0 Å². The minimum Gasteiger partial charge on any atom is -0.389 e. The second-order valence-corrected chi connectivity index (χ2v) is 4.12. The maximum Gasteiger partial charge on any atom is 0.289 e. The van der Waals surface area contributed by atoms with Gasteiger partial charge in [-0.05, 0) is 13.8 Å². The van der Waals surface area contributed by atoms with Crippen molar-refractivity contribution in [1.82, 2.24) is 4.98 Å². The van der Waals surface area contributed by atoms with E-state index in [1.807, 2.05) is 6.07 Å². The second-order valence-electron chi connectivity index (χ2n) is 4.12. The van der Waals surface area contributed by atoms with Gasteiger partial charge in [0.25, 0.3) is 5.69 Å². The molecule has 7 nitrogen and oxygen atoms in total. The van der Waals surface area contributed by atoms with Crippen molar-refractivity contribution in [3.63, 3.8) is 0 Å². The van der Waals surface area contributed by atoms with Crippen LogP contribution in [0.15, 0.2) is 12.3 Å². The van der Waals surface area contributed by atoms with Crippen LogP contribution in [0.4, 0.5) is 11.5 Å². The number of aromatic nitrogens is 1. The molecular formula is C10H12N4O3. The third-order valence-corrected chi connectivity index (χ3v) is 1.89. The van der Waals surface area contributed by atoms with Crippen molar-refractivity contribution >= 4 is 11.5 Å². The van der Waals surface area contributed by atoms with E-state index in [0.717, 1.165) is 12.3 Å². The maximum atomic E-state index is 10.5. The fourth-order valence-corrected chi connectivity index (χ4v) is 1.08. The van der Waals surface area contributed by atoms with Crippen LogP contribution in [0.2, 0.25) is 0 Å². The summed E-state index contributed by atoms with van der Waals surface area (Å²) in [5, 5.41) is 31.6. The Morgan fingerprint density at radius 3 is 2.82 bits per heavy atom. The van der Waals surface area contributed by atoms with Gasteiger partial charge in [-0.25, -0.2) is 4.98 Å². The Kier molecular flexibility index (Phi) is 3.60. The number of aliphatic hydroxyl groups is 1. The summed E-state index contributed by atoms with van der Waals surface area (Å²) in [5.74, 6) is 0.222. The first-order valence-electron chi connectivity index (χ1n) is 4.84. The molecular weight excluding hydrogens is 224 g/mol. The minimum atomic E-state index is -0.962. The lowest BCUT2D eigenvalue weighted by Crippen LogP contribution is -2.29. The summed E-state index contributed by atoms with van der Waals surface area (Å²) in [6, 6.07) is 2.95. The Hall–Kier alpha value is -2.20. The Balaban J connectivity index is 2.95. The Bertz CT molecular complexity index is 473. The molecule has 0 saturated carbocycles. The summed E-state index contributed by atoms with van der Waals surface area (Å²) < 4.78 is 0. The molecule has 1 aromatic rings. The number of pyridine rings is 1. The molecule has 0 aromatic carbocycles. The third kappa shape index (κ3) is 3.70. The molecule has 1 aromatic heterocycles. The van der Waals surface area contributed by atoms with E-state index in [0.29, 0.717) is 0 Å². The normalized spacial score (nSPS) is 10.7. The average molecular weight is 236 g/mol. The molecule has 0 aliphatic rings. The lowest BCUT2D eigenvalue weighted by atomic mass is 10.1. The zero-order valence-electron chi connectivity index (χ0n) is 9.47. The molecule has 1 heterocycles. The van der Waals surface area contributed by atoms with Crippen molar-refractivity contribution in [1.29, 1.82) is 5.26 Å². The van der Waals surface area contributed by atoms with Gasteiger partial charge in [-0.2, -0.15) is 5.26 Å². The van der Waals surface area contributed by atoms with Crippen LogP contribution < -0.4 is 5.32 Å². The fourth-order valence-electron chi connectivity index (χ4n) is 1.08. The number of nitrogens with one attached hydrogen (secondary N) is 1. The first-order chi connectivity index (χ1) is 7.83. The highest BCUT2D eigenvalue weighted by atomic mass is 16.6. The quantitative estimate of drug-likeness (QED) is 0.596. The first-order valence-corrected chi connectivity index (χ1v) is 4.84. The van der Waals surface area contributed by atoms with Gasteiger partial charge in [-0.1, -0.05) is 0 Å². The molecule has 0 unspecified atom stereocenters. The highest BCUT2D eigenvalue weighted by Gasteiger charge is 2.16. The van der Waals surface area contributed by atoms with E-state index < -0.39 is 10.5 Å². The van der Waals surface area contributed by atoms with E-state index in [-0.39, 0.29) is 23.6 Å². The Morgan fingerprint density at radius 1 is 1.71 bits per heavy atom. The summed E-state index contributed by atoms with van der Waals surface area (Å²) in [5.41, 5.74) is -1.13. The molecule has 0 radical (unpaired) electrons. The molecule has 0 amide bonds. The molecule has 90 valence electrons. The molecule has 2 N–H and O–H groups in total. The van der Waals surface area contributed by atoms with Gasteiger partial charge in [-0.15, -0.1) is 0 Å². The monoisotopic (exact) mass is 236 g/mol. The molecule has 0 bridgehead atoms. The number of nitriles is 1. The molecule has 0 saturated heterocycles. The lowest BCUT2D eigenvalue weighted by molar-refractivity contribution is -0.385. The van der Waals surface area contributed by atoms with Crippen molar-refractivity contribution in [2.45, 2.75) is 19.4 Å². The van der Waals surface area contributed by atoms with Crippen LogP contribution in [0.5, 0.6) is 0 Å². The third-order valence-electron chi connectivity index (χ3n) is 1.89. The van der Waals surface area contributed by atoms with Gasteiger partial charge < -0.3 is 10.4 Å². The predicted molar refractivity (Wildman–Crippen MR) is 60.4 cm³/mol. The van der Waals surface area contributed by atoms with Crippen LogP contribution in [0, 0.1) is 21.4 Å². The van der Waals surface area contributed by atoms with E-state index in [1.165, 1.54) is 0 Å². The van der Waals surface area contributed by atoms with E-state index in [4.69, 9.17) is 5.26 Å². The van der Waals surface area contributed by atoms with Crippen LogP contribution in [0.3, 0.4) is 0 Å². The fraction of sp³-hybridized carbons (Fsp3) is 0.400. The minimum absolute atomic E-state index is 0.0726. The number of nitrogens with zero attached hydrogens (tertiary/aromatic N) is 3. The summed E-state index contributed by atoms with van der Waals surface area (Å²) in [7, 11) is 0. The molecule has 1 rings (SSSR count). The van der Waals surface area contributed by atoms with Crippen molar-refractivity contribution in [3.05, 3.63) is 27.9 Å². The molecule has 17 heavy (non-hydrogen) atoms. The molecule has 0 aliphatic carbocycles. The van der Waals surface area contributed by atoms with E-state index in [9.17, 15) is 15.2 Å². The van der Waals surface area contributed by atoms with Crippen molar-refractivity contribution in [3.8, 4) is 6.07 Å². The largest absolute Gasteiger partial charge is 0.389 e. The number of hydrogen-bond donors (Lipinski definition) is 2. The average Bonchev–Trinajstić information content (AvgIpc) is 2.24. The van der Waals surface area contributed by atoms with E-state index >= 15 is 0 Å². The van der Waals surface area contributed by atoms with Crippen LogP contribution in [0.25, 0.3) is 0 Å². The van der Waals surface area contributed by atoms with E-state index in [2.05, 4.69) is 10.3 Å². The van der Waals surface area contributed by atoms with Gasteiger partial charge in [0.15, 0.2) is 0 Å². The highest BCUT2D eigenvalue weighted by Crippen LogP contribution is 2.18. The van der Waals surface area contributed by atoms with Crippen LogP contribution in [-0.2, 0) is 0 Å². The number of hydrogen-bond acceptors (Lipinski definition) is 6. The van der Waals surface area contributed by atoms with Gasteiger partial charge in [0.05, 0.1) is 10.5 Å². The molecule has 7 heteroatoms. The van der Waals surface area contributed by atoms with Crippen molar-refractivity contribution < 1.29 is 10.0 Å². The standard InChI is InChI=1S/C10H12N4O3/c1-10(2,15)6-13-9-7(4-11)3-8(5-12-9)14(16)17/h3,5,15H,6H2,1-2H3,(H,12,13). The van der Waals surface area contributed by atoms with E-state index in [1.54, 1.807) is 13.8 Å². The Morgan fingerprint density at radius 2 is 2.35 bits per heavy atom. The van der Waals surface area contributed by atoms with Gasteiger partial charge in [-0.3, -0.25) is 10.1 Å². The second kappa shape index (κ2) is 4.76. The van der Waals surface area contributed by atoms with Gasteiger partial charge in [0.1, 0.15) is 23.6 Å². The SMILES string of the molecule is CC(C)(O)CNc1ncc([N+](=O)[O-])cc1C#N. The zero-order valence-corrected chi connectivity index (χ0v) is 9.47. The van der Waals surface area contributed by atoms with Gasteiger partial charge in [0, 0.05) is 12.6 Å². The van der Waals surface area contributed by atoms with Gasteiger partial charge >= 0.3 is 0 Å². The summed E-state index contributed by atoms with van der Waals surface area (Å²) >= 11 is 0. The van der Waals surface area contributed by atoms with Gasteiger partial charge in [0.2, 0.25) is 0 Å². The molecule has 0 spiro atoms. The number of nitro groups is 1. The predicted octanol–water partition coefficient (Wildman–Crippen LogP) is 1.04. The smallest absolute Gasteiger partial charge is 0.289 e. The summed E-state index contributed by atoms with van der Waals surface area (Å²) in [6.07, 6.45) is 1.06. The van der Waals surface area contributed by atoms with Crippen LogP contribution in [-0.4, -0.2) is 27.2 Å². The van der Waals surface area contributed by atoms with Crippen molar-refractivity contribution in [2.24, 2.45) is 0 Å². The number of anilines is 1. The molecule has 0 atom stereocenters. The first kappa shape index (κ1) is 12.9. The summed E-state index contributed by atoms with van der Waals surface area (Å²) in [4.78, 5) is 13.7. The van der Waals surface area contributed by atoms with Crippen LogP contribution in [0.1, 0.15) is 19.4 Å². The topological polar surface area (TPSA) is 112 Å². The Labute approximate surface area is 97.9 Å². The molecule has 0 fully saturated rings. The van der Waals surface area contributed by atoms with Crippen molar-refractivity contribution in [2.75, 3.05) is 11.9 Å². The summed E-state index contributed by atoms with van der Waals surface area (Å²) in [6.45, 7) is 3.38.